The molecule has 0 rings (SSSR count). The molecular weight excluding hydrogens is 1270 g/mol. The smallest absolute Gasteiger partial charge is 0.460 e. The fraction of sp³-hybridized carbons (Fsp3) is 0.879. The lowest BCUT2D eigenvalue weighted by molar-refractivity contribution is -0.396. The van der Waals surface area contributed by atoms with Crippen molar-refractivity contribution < 1.29 is 177 Å². The Labute approximate surface area is 424 Å². The first-order valence-electron chi connectivity index (χ1n) is 18.8. The number of ether oxygens (including phenoxy) is 4. The van der Waals surface area contributed by atoms with E-state index in [4.69, 9.17) is 0 Å². The van der Waals surface area contributed by atoms with Gasteiger partial charge in [-0.3, -0.25) is 0 Å². The lowest BCUT2D eigenvalue weighted by Crippen LogP contribution is -2.60. The first-order chi connectivity index (χ1) is 33.4. The molecule has 456 valence electrons. The third-order valence-electron chi connectivity index (χ3n) is 9.57. The van der Waals surface area contributed by atoms with Crippen molar-refractivity contribution in [3.05, 3.63) is 0 Å². The maximum Gasteiger partial charge on any atom is 0.460 e. The minimum absolute atomic E-state index is 1.81. The van der Waals surface area contributed by atoms with E-state index in [9.17, 15) is 158 Å². The van der Waals surface area contributed by atoms with Gasteiger partial charge < -0.3 is 18.9 Å². The van der Waals surface area contributed by atoms with E-state index in [2.05, 4.69) is 67.8 Å². The topological polar surface area (TPSA) is 36.9 Å². The maximum atomic E-state index is 14.2. The van der Waals surface area contributed by atoms with Crippen LogP contribution in [0.5, 0.6) is 0 Å². The molecule has 0 aliphatic heterocycles. The van der Waals surface area contributed by atoms with Gasteiger partial charge in [0.25, 0.3) is 0 Å². The molecule has 0 aliphatic rings. The highest BCUT2D eigenvalue weighted by molar-refractivity contribution is 7.80. The van der Waals surface area contributed by atoms with Crippen molar-refractivity contribution in [2.75, 3.05) is 26.4 Å². The monoisotopic (exact) mass is 1300 g/mol. The summed E-state index contributed by atoms with van der Waals surface area (Å²) in [5.41, 5.74) is -3.28. The van der Waals surface area contributed by atoms with Crippen LogP contribution in [0.15, 0.2) is 0 Å². The Morgan fingerprint density at radius 3 is 0.468 bits per heavy atom. The van der Waals surface area contributed by atoms with E-state index < -0.39 is 199 Å². The van der Waals surface area contributed by atoms with Crippen molar-refractivity contribution in [3.63, 3.8) is 0 Å². The summed E-state index contributed by atoms with van der Waals surface area (Å²) in [5.74, 6) is -86.0. The first-order valence-corrected chi connectivity index (χ1v) is 20.5. The van der Waals surface area contributed by atoms with Crippen LogP contribution in [-0.2, 0) is 18.9 Å². The minimum Gasteiger partial charge on any atom is -0.486 e. The summed E-state index contributed by atoms with van der Waals surface area (Å²) in [5, 5.41) is -7.22. The number of halogens is 36. The zero-order valence-corrected chi connectivity index (χ0v) is 39.1. The van der Waals surface area contributed by atoms with E-state index in [1.54, 1.807) is 0 Å². The molecule has 44 heteroatoms. The molecule has 0 saturated heterocycles. The van der Waals surface area contributed by atoms with Gasteiger partial charge in [0.1, 0.15) is 31.8 Å². The molecule has 0 bridgehead atoms. The van der Waals surface area contributed by atoms with Gasteiger partial charge in [-0.2, -0.15) is 158 Å². The second kappa shape index (κ2) is 23.5. The highest BCUT2D eigenvalue weighted by Crippen LogP contribution is 2.58. The average molecular weight is 1300 g/mol. The number of alkyl halides is 36. The lowest BCUT2D eigenvalue weighted by atomic mass is 9.92. The molecule has 0 fully saturated rings. The second-order valence-corrected chi connectivity index (χ2v) is 17.4. The standard InChI is InChI=1S/C33H24F36O4S4/c34-18(35,22(42,43)26(50,51)30(58,59)60)5-1-13(74)70-9-17(10-71-14(75)2-6-19(36,37)23(44,45)27(52,53)31(61,62)63,11-72-15(76)3-7-20(38,39)24(46,47)28(54,55)32(64,65)66)12-73-16(77)4-8-21(40,41)25(48,49)29(56,57)33(67,68)69/h1-12H2. The SMILES string of the molecule is FC(F)(F)C(F)(F)C(F)(F)C(F)(F)CCC(=S)OCC(COC(=S)CCC(F)(F)C(F)(F)C(F)(F)C(F)(F)F)(COC(=S)CCC(F)(F)C(F)(F)C(F)(F)C(F)(F)F)COC(=S)CCC(F)(F)C(F)(F)C(F)(F)C(F)(F)F. The number of hydrogen-bond donors (Lipinski definition) is 0. The van der Waals surface area contributed by atoms with Crippen LogP contribution in [-0.4, -0.2) is 142 Å². The van der Waals surface area contributed by atoms with Gasteiger partial charge in [0.15, 0.2) is 20.2 Å². The largest absolute Gasteiger partial charge is 0.486 e. The van der Waals surface area contributed by atoms with Crippen LogP contribution in [0.3, 0.4) is 0 Å². The van der Waals surface area contributed by atoms with Gasteiger partial charge in [0, 0.05) is 51.4 Å². The Balaban J connectivity index is 7.46. The molecule has 0 amide bonds. The van der Waals surface area contributed by atoms with Crippen molar-refractivity contribution in [1.29, 1.82) is 0 Å². The molecule has 4 nitrogen and oxygen atoms in total. The summed E-state index contributed by atoms with van der Waals surface area (Å²) >= 11 is 17.2. The minimum atomic E-state index is -7.57. The van der Waals surface area contributed by atoms with Crippen LogP contribution >= 0.6 is 48.9 Å². The van der Waals surface area contributed by atoms with Crippen LogP contribution in [0.25, 0.3) is 0 Å². The normalized spacial score (nSPS) is 15.3. The van der Waals surface area contributed by atoms with E-state index in [0.717, 1.165) is 0 Å². The Hall–Kier alpha value is -2.96. The van der Waals surface area contributed by atoms with Crippen LogP contribution < -0.4 is 0 Å². The molecule has 0 aromatic carbocycles. The third-order valence-corrected chi connectivity index (χ3v) is 10.9. The summed E-state index contributed by atoms with van der Waals surface area (Å²) in [6.45, 7) is -8.15. The zero-order chi connectivity index (χ0) is 62.1. The van der Waals surface area contributed by atoms with Gasteiger partial charge >= 0.3 is 95.8 Å². The van der Waals surface area contributed by atoms with Crippen LogP contribution in [0.2, 0.25) is 0 Å². The molecule has 0 atom stereocenters. The summed E-state index contributed by atoms with van der Waals surface area (Å²) in [7, 11) is 0. The first kappa shape index (κ1) is 74.0. The molecule has 0 N–H and O–H groups in total. The predicted molar refractivity (Wildman–Crippen MR) is 197 cm³/mol. The van der Waals surface area contributed by atoms with Crippen molar-refractivity contribution in [1.82, 2.24) is 0 Å². The van der Waals surface area contributed by atoms with Gasteiger partial charge in [0.05, 0.1) is 0 Å². The maximum absolute atomic E-state index is 14.2. The molecule has 77 heavy (non-hydrogen) atoms. The fourth-order valence-electron chi connectivity index (χ4n) is 4.77. The van der Waals surface area contributed by atoms with E-state index in [-0.39, 0.29) is 0 Å². The molecular formula is C33H24F36O4S4. The quantitative estimate of drug-likeness (QED) is 0.0567. The zero-order valence-electron chi connectivity index (χ0n) is 35.9. The van der Waals surface area contributed by atoms with E-state index in [1.165, 1.54) is 0 Å². The summed E-state index contributed by atoms with van der Waals surface area (Å²) in [4.78, 5) is 0. The average Bonchev–Trinajstić information content (AvgIpc) is 3.23. The van der Waals surface area contributed by atoms with Crippen LogP contribution in [0, 0.1) is 5.41 Å². The molecule has 0 heterocycles. The third kappa shape index (κ3) is 15.7. The second-order valence-electron chi connectivity index (χ2n) is 15.5. The van der Waals surface area contributed by atoms with Gasteiger partial charge in [-0.05, 0) is 48.9 Å². The van der Waals surface area contributed by atoms with Gasteiger partial charge in [-0.25, -0.2) is 0 Å². The Kier molecular flexibility index (Phi) is 22.6. The highest BCUT2D eigenvalue weighted by atomic mass is 32.1. The van der Waals surface area contributed by atoms with Crippen LogP contribution in [0.1, 0.15) is 51.4 Å². The van der Waals surface area contributed by atoms with Gasteiger partial charge in [-0.15, -0.1) is 0 Å². The summed E-state index contributed by atoms with van der Waals surface area (Å²) in [6, 6.07) is 0. The lowest BCUT2D eigenvalue weighted by Gasteiger charge is -2.35. The fourth-order valence-corrected chi connectivity index (χ4v) is 5.41. The van der Waals surface area contributed by atoms with Crippen LogP contribution in [0.4, 0.5) is 158 Å². The van der Waals surface area contributed by atoms with Gasteiger partial charge in [-0.1, -0.05) is 0 Å². The molecule has 0 aromatic rings. The highest BCUT2D eigenvalue weighted by Gasteiger charge is 2.84. The predicted octanol–water partition coefficient (Wildman–Crippen LogP) is 16.3. The molecule has 0 saturated carbocycles. The number of hydrogen-bond acceptors (Lipinski definition) is 8. The van der Waals surface area contributed by atoms with E-state index in [1.807, 2.05) is 0 Å². The molecule has 0 unspecified atom stereocenters. The van der Waals surface area contributed by atoms with Crippen molar-refractivity contribution in [2.45, 2.75) is 147 Å². The Bertz CT molecular complexity index is 1750. The Morgan fingerprint density at radius 1 is 0.221 bits per heavy atom. The Morgan fingerprint density at radius 2 is 0.351 bits per heavy atom. The summed E-state index contributed by atoms with van der Waals surface area (Å²) < 4.78 is 500. The number of rotatable bonds is 28. The number of thiocarbonyl (C=S) groups is 4. The van der Waals surface area contributed by atoms with E-state index >= 15 is 0 Å². The molecule has 0 radical (unpaired) electrons. The van der Waals surface area contributed by atoms with Crippen molar-refractivity contribution in [3.8, 4) is 0 Å². The molecule has 0 spiro atoms. The van der Waals surface area contributed by atoms with Crippen molar-refractivity contribution >= 4 is 69.1 Å². The van der Waals surface area contributed by atoms with Gasteiger partial charge in [0.2, 0.25) is 0 Å². The van der Waals surface area contributed by atoms with Crippen molar-refractivity contribution in [2.24, 2.45) is 5.41 Å². The molecule has 0 aromatic heterocycles. The summed E-state index contributed by atoms with van der Waals surface area (Å²) in [6.07, 6.45) is -50.3. The van der Waals surface area contributed by atoms with E-state index in [0.29, 0.717) is 0 Å². The molecule has 0 aliphatic carbocycles.